The fourth-order valence-electron chi connectivity index (χ4n) is 8.51. The van der Waals surface area contributed by atoms with E-state index in [0.717, 1.165) is 45.4 Å². The van der Waals surface area contributed by atoms with E-state index in [-0.39, 0.29) is 24.3 Å². The predicted octanol–water partition coefficient (Wildman–Crippen LogP) is 9.99. The van der Waals surface area contributed by atoms with Crippen molar-refractivity contribution in [1.82, 2.24) is 10.2 Å². The average molecular weight is 894 g/mol. The van der Waals surface area contributed by atoms with E-state index in [9.17, 15) is 19.6 Å². The summed E-state index contributed by atoms with van der Waals surface area (Å²) in [6.07, 6.45) is 0.398. The van der Waals surface area contributed by atoms with Crippen LogP contribution in [0.4, 0.5) is 5.69 Å². The molecule has 0 aliphatic carbocycles. The molecule has 1 unspecified atom stereocenters. The number of fused-ring (bicyclic) bond motifs is 2. The van der Waals surface area contributed by atoms with Gasteiger partial charge in [0, 0.05) is 31.6 Å². The molecule has 6 aromatic carbocycles. The topological polar surface area (TPSA) is 121 Å². The summed E-state index contributed by atoms with van der Waals surface area (Å²) in [5.74, 6) is 0.111. The van der Waals surface area contributed by atoms with Gasteiger partial charge >= 0.3 is 5.97 Å². The summed E-state index contributed by atoms with van der Waals surface area (Å²) >= 11 is 12.2. The molecule has 2 aliphatic heterocycles. The molecule has 2 aliphatic rings. The summed E-state index contributed by atoms with van der Waals surface area (Å²) in [6, 6.07) is 42.2. The normalized spacial score (nSPS) is 16.6. The largest absolute Gasteiger partial charge is 0.489 e. The Kier molecular flexibility index (Phi) is 13.3. The van der Waals surface area contributed by atoms with Crippen molar-refractivity contribution in [1.29, 1.82) is 5.26 Å². The minimum Gasteiger partial charge on any atom is -0.489 e. The van der Waals surface area contributed by atoms with Crippen molar-refractivity contribution in [2.45, 2.75) is 63.6 Å². The van der Waals surface area contributed by atoms with Crippen molar-refractivity contribution in [2.24, 2.45) is 0 Å². The lowest BCUT2D eigenvalue weighted by atomic mass is 9.88. The number of nitriles is 1. The highest BCUT2D eigenvalue weighted by Crippen LogP contribution is 2.43. The summed E-state index contributed by atoms with van der Waals surface area (Å²) in [7, 11) is 3.05. The Hall–Kier alpha value is -6.64. The summed E-state index contributed by atoms with van der Waals surface area (Å²) in [4.78, 5) is 45.7. The smallest absolute Gasteiger partial charge is 0.328 e. The van der Waals surface area contributed by atoms with Crippen LogP contribution >= 0.6 is 23.2 Å². The number of hydrogen-bond donors (Lipinski definition) is 1. The number of likely N-dealkylation sites (N-methyl/N-ethyl adjacent to an activating group) is 1. The van der Waals surface area contributed by atoms with E-state index in [1.165, 1.54) is 7.11 Å². The van der Waals surface area contributed by atoms with Gasteiger partial charge in [-0.3, -0.25) is 14.5 Å². The van der Waals surface area contributed by atoms with Crippen molar-refractivity contribution in [3.63, 3.8) is 0 Å². The molecule has 0 bridgehead atoms. The predicted molar refractivity (Wildman–Crippen MR) is 247 cm³/mol. The van der Waals surface area contributed by atoms with Crippen LogP contribution in [0.5, 0.6) is 11.5 Å². The molecule has 12 heteroatoms. The van der Waals surface area contributed by atoms with Gasteiger partial charge in [-0.1, -0.05) is 115 Å². The van der Waals surface area contributed by atoms with E-state index >= 15 is 0 Å². The van der Waals surface area contributed by atoms with Crippen LogP contribution in [0.3, 0.4) is 0 Å². The molecular formula is C52H46Cl2N4O6. The molecule has 1 N–H and O–H groups in total. The monoisotopic (exact) mass is 892 g/mol. The van der Waals surface area contributed by atoms with Crippen molar-refractivity contribution in [3.8, 4) is 28.7 Å². The van der Waals surface area contributed by atoms with Crippen LogP contribution in [0, 0.1) is 11.3 Å². The standard InChI is InChI=1S/C52H46Cl2N4O6/c1-4-45(37-8-6-5-7-9-37)58-30-40-28-48-46(57(2)51(60)49(64-48)38-19-21-41(22-20-38)63-31-34-14-23-42(53)43(54)24-34)26-39(40)27-47(58)50(59)56-44(52(61)62-3)25-32-10-15-35(16-11-32)36-17-12-33(29-55)13-18-36/h5-24,26,28,44-45,47,49H,4,25,27,30-31H2,1-3H3,(H,56,59)/t44?,45-,47-,49+/m0/s1. The van der Waals surface area contributed by atoms with Gasteiger partial charge in [-0.05, 0) is 100 Å². The van der Waals surface area contributed by atoms with Gasteiger partial charge in [0.15, 0.2) is 0 Å². The number of esters is 1. The second-order valence-electron chi connectivity index (χ2n) is 16.0. The lowest BCUT2D eigenvalue weighted by Crippen LogP contribution is -2.55. The summed E-state index contributed by atoms with van der Waals surface area (Å²) in [5, 5.41) is 13.2. The minimum atomic E-state index is -0.945. The Morgan fingerprint density at radius 2 is 1.55 bits per heavy atom. The first-order valence-electron chi connectivity index (χ1n) is 21.1. The summed E-state index contributed by atoms with van der Waals surface area (Å²) < 4.78 is 17.7. The Labute approximate surface area is 382 Å². The van der Waals surface area contributed by atoms with E-state index < -0.39 is 24.2 Å². The maximum Gasteiger partial charge on any atom is 0.328 e. The lowest BCUT2D eigenvalue weighted by molar-refractivity contribution is -0.146. The van der Waals surface area contributed by atoms with Crippen LogP contribution in [0.25, 0.3) is 11.1 Å². The minimum absolute atomic E-state index is 0.122. The van der Waals surface area contributed by atoms with Gasteiger partial charge in [-0.2, -0.15) is 5.26 Å². The zero-order valence-corrected chi connectivity index (χ0v) is 37.1. The number of anilines is 1. The van der Waals surface area contributed by atoms with E-state index in [0.29, 0.717) is 57.9 Å². The fraction of sp³-hybridized carbons (Fsp3) is 0.231. The second-order valence-corrected chi connectivity index (χ2v) is 16.8. The number of rotatable bonds is 13. The molecule has 10 nitrogen and oxygen atoms in total. The number of benzene rings is 6. The molecule has 0 fully saturated rings. The van der Waals surface area contributed by atoms with Gasteiger partial charge in [0.25, 0.3) is 5.91 Å². The SMILES string of the molecule is CC[C@@H](c1ccccc1)N1Cc2cc3c(cc2C[C@H]1C(=O)NC(Cc1ccc(-c2ccc(C#N)cc2)cc1)C(=O)OC)N(C)C(=O)[C@@H](c1ccc(OCc2ccc(Cl)c(Cl)c2)cc1)O3. The van der Waals surface area contributed by atoms with Crippen LogP contribution in [0.1, 0.15) is 64.4 Å². The van der Waals surface area contributed by atoms with Crippen LogP contribution < -0.4 is 19.7 Å². The number of hydrogen-bond acceptors (Lipinski definition) is 8. The highest BCUT2D eigenvalue weighted by atomic mass is 35.5. The zero-order chi connectivity index (χ0) is 44.9. The first kappa shape index (κ1) is 44.0. The number of methoxy groups -OCH3 is 1. The molecule has 64 heavy (non-hydrogen) atoms. The van der Waals surface area contributed by atoms with Gasteiger partial charge in [0.2, 0.25) is 12.0 Å². The van der Waals surface area contributed by atoms with Gasteiger partial charge in [-0.25, -0.2) is 4.79 Å². The van der Waals surface area contributed by atoms with Crippen molar-refractivity contribution < 1.29 is 28.6 Å². The third kappa shape index (κ3) is 9.48. The molecule has 8 rings (SSSR count). The lowest BCUT2D eigenvalue weighted by Gasteiger charge is -2.42. The van der Waals surface area contributed by atoms with Crippen LogP contribution in [-0.4, -0.2) is 48.9 Å². The molecule has 6 aromatic rings. The Balaban J connectivity index is 1.03. The Morgan fingerprint density at radius 3 is 2.20 bits per heavy atom. The first-order valence-corrected chi connectivity index (χ1v) is 21.8. The number of nitrogens with one attached hydrogen (secondary N) is 1. The molecule has 4 atom stereocenters. The van der Waals surface area contributed by atoms with E-state index in [4.69, 9.17) is 37.4 Å². The van der Waals surface area contributed by atoms with Crippen molar-refractivity contribution in [2.75, 3.05) is 19.1 Å². The van der Waals surface area contributed by atoms with Crippen LogP contribution in [0.15, 0.2) is 133 Å². The number of amides is 2. The number of carbonyl (C=O) groups is 3. The molecule has 0 radical (unpaired) electrons. The summed E-state index contributed by atoms with van der Waals surface area (Å²) in [6.45, 7) is 2.82. The van der Waals surface area contributed by atoms with Crippen LogP contribution in [-0.2, 0) is 45.1 Å². The molecule has 2 amide bonds. The van der Waals surface area contributed by atoms with Crippen molar-refractivity contribution in [3.05, 3.63) is 182 Å². The molecule has 0 saturated carbocycles. The highest BCUT2D eigenvalue weighted by molar-refractivity contribution is 6.42. The van der Waals surface area contributed by atoms with Gasteiger partial charge in [0.05, 0.1) is 40.5 Å². The number of nitrogens with zero attached hydrogens (tertiary/aromatic N) is 3. The summed E-state index contributed by atoms with van der Waals surface area (Å²) in [5.41, 5.74) is 8.48. The molecule has 324 valence electrons. The van der Waals surface area contributed by atoms with Crippen LogP contribution in [0.2, 0.25) is 10.0 Å². The van der Waals surface area contributed by atoms with Gasteiger partial charge in [0.1, 0.15) is 24.1 Å². The highest BCUT2D eigenvalue weighted by Gasteiger charge is 2.40. The third-order valence-corrected chi connectivity index (χ3v) is 12.7. The number of halogens is 2. The maximum atomic E-state index is 14.7. The molecule has 2 heterocycles. The third-order valence-electron chi connectivity index (χ3n) is 12.0. The van der Waals surface area contributed by atoms with E-state index in [1.807, 2.05) is 97.1 Å². The molecule has 0 aromatic heterocycles. The Morgan fingerprint density at radius 1 is 0.859 bits per heavy atom. The molecule has 0 spiro atoms. The zero-order valence-electron chi connectivity index (χ0n) is 35.6. The second kappa shape index (κ2) is 19.4. The quantitative estimate of drug-likeness (QED) is 0.114. The van der Waals surface area contributed by atoms with E-state index in [2.05, 4.69) is 35.3 Å². The fourth-order valence-corrected chi connectivity index (χ4v) is 8.84. The number of carbonyl (C=O) groups excluding carboxylic acids is 3. The maximum absolute atomic E-state index is 14.7. The van der Waals surface area contributed by atoms with Crippen molar-refractivity contribution >= 4 is 46.7 Å². The number of ether oxygens (including phenoxy) is 3. The first-order chi connectivity index (χ1) is 31.0. The van der Waals surface area contributed by atoms with E-state index in [1.54, 1.807) is 36.2 Å². The van der Waals surface area contributed by atoms with Gasteiger partial charge < -0.3 is 24.4 Å². The van der Waals surface area contributed by atoms with Gasteiger partial charge in [-0.15, -0.1) is 0 Å². The Bertz CT molecular complexity index is 2710. The molecular weight excluding hydrogens is 847 g/mol. The average Bonchev–Trinajstić information content (AvgIpc) is 3.33. The molecule has 0 saturated heterocycles.